The molecule has 0 radical (unpaired) electrons. The van der Waals surface area contributed by atoms with Crippen LogP contribution in [0.3, 0.4) is 0 Å². The molecule has 0 N–H and O–H groups in total. The summed E-state index contributed by atoms with van der Waals surface area (Å²) in [4.78, 5) is -0.0330. The molecule has 112 valence electrons. The number of benzene rings is 2. The molecule has 0 aliphatic heterocycles. The van der Waals surface area contributed by atoms with Gasteiger partial charge in [0.2, 0.25) is 0 Å². The van der Waals surface area contributed by atoms with Crippen molar-refractivity contribution in [1.82, 2.24) is 0 Å². The van der Waals surface area contributed by atoms with Gasteiger partial charge in [-0.05, 0) is 48.7 Å². The maximum absolute atomic E-state index is 6.38. The Bertz CT molecular complexity index is 639. The lowest BCUT2D eigenvalue weighted by Gasteiger charge is -2.16. The summed E-state index contributed by atoms with van der Waals surface area (Å²) in [5.74, 6) is 0.609. The van der Waals surface area contributed by atoms with Crippen molar-refractivity contribution in [3.05, 3.63) is 61.5 Å². The van der Waals surface area contributed by atoms with Crippen LogP contribution in [0.1, 0.15) is 28.4 Å². The van der Waals surface area contributed by atoms with E-state index in [-0.39, 0.29) is 4.83 Å². The number of hydrogen-bond acceptors (Lipinski definition) is 1. The lowest BCUT2D eigenvalue weighted by molar-refractivity contribution is 0.340. The zero-order valence-corrected chi connectivity index (χ0v) is 16.3. The fraction of sp³-hybridized carbons (Fsp3) is 0.250. The summed E-state index contributed by atoms with van der Waals surface area (Å²) < 4.78 is 6.49. The zero-order valence-electron chi connectivity index (χ0n) is 11.6. The highest BCUT2D eigenvalue weighted by Gasteiger charge is 2.17. The van der Waals surface area contributed by atoms with Crippen molar-refractivity contribution in [2.24, 2.45) is 0 Å². The van der Waals surface area contributed by atoms with Crippen LogP contribution in [-0.4, -0.2) is 6.61 Å². The molecule has 21 heavy (non-hydrogen) atoms. The molecular formula is C16H14Br2Cl2O. The van der Waals surface area contributed by atoms with Crippen LogP contribution in [0, 0.1) is 6.92 Å². The van der Waals surface area contributed by atoms with Gasteiger partial charge in [-0.2, -0.15) is 0 Å². The third-order valence-electron chi connectivity index (χ3n) is 2.98. The molecule has 1 nitrogen and oxygen atoms in total. The summed E-state index contributed by atoms with van der Waals surface area (Å²) in [6.45, 7) is 4.52. The first-order valence-electron chi connectivity index (χ1n) is 6.45. The summed E-state index contributed by atoms with van der Waals surface area (Å²) in [5.41, 5.74) is 3.21. The van der Waals surface area contributed by atoms with E-state index in [0.717, 1.165) is 15.6 Å². The standard InChI is InChI=1S/C16H14Br2Cl2O/c1-3-21-15-8-13(19)12(7-14(15)20)16(18)10-4-9(2)5-11(17)6-10/h4-8,16H,3H2,1-2H3. The molecule has 0 saturated heterocycles. The average molecular weight is 453 g/mol. The molecule has 2 aromatic carbocycles. The van der Waals surface area contributed by atoms with Gasteiger partial charge in [0.25, 0.3) is 0 Å². The van der Waals surface area contributed by atoms with E-state index < -0.39 is 0 Å². The second kappa shape index (κ2) is 7.36. The van der Waals surface area contributed by atoms with Crippen molar-refractivity contribution in [2.45, 2.75) is 18.7 Å². The first kappa shape index (κ1) is 17.1. The van der Waals surface area contributed by atoms with Crippen LogP contribution >= 0.6 is 55.1 Å². The van der Waals surface area contributed by atoms with Crippen molar-refractivity contribution in [3.8, 4) is 5.75 Å². The van der Waals surface area contributed by atoms with Crippen molar-refractivity contribution in [3.63, 3.8) is 0 Å². The quantitative estimate of drug-likeness (QED) is 0.456. The average Bonchev–Trinajstić information content (AvgIpc) is 2.41. The van der Waals surface area contributed by atoms with Gasteiger partial charge >= 0.3 is 0 Å². The maximum atomic E-state index is 6.38. The highest BCUT2D eigenvalue weighted by Crippen LogP contribution is 2.41. The van der Waals surface area contributed by atoms with E-state index in [2.05, 4.69) is 57.0 Å². The van der Waals surface area contributed by atoms with Gasteiger partial charge in [0.1, 0.15) is 5.75 Å². The predicted molar refractivity (Wildman–Crippen MR) is 97.3 cm³/mol. The first-order valence-corrected chi connectivity index (χ1v) is 8.91. The second-order valence-corrected chi connectivity index (χ2v) is 7.31. The van der Waals surface area contributed by atoms with Gasteiger partial charge in [0.05, 0.1) is 16.5 Å². The van der Waals surface area contributed by atoms with Crippen molar-refractivity contribution >= 4 is 55.1 Å². The Morgan fingerprint density at radius 3 is 2.43 bits per heavy atom. The summed E-state index contributed by atoms with van der Waals surface area (Å²) in [7, 11) is 0. The monoisotopic (exact) mass is 450 g/mol. The summed E-state index contributed by atoms with van der Waals surface area (Å²) >= 11 is 19.9. The minimum atomic E-state index is -0.0330. The van der Waals surface area contributed by atoms with Crippen molar-refractivity contribution in [2.75, 3.05) is 6.61 Å². The topological polar surface area (TPSA) is 9.23 Å². The fourth-order valence-corrected chi connectivity index (χ4v) is 3.98. The van der Waals surface area contributed by atoms with E-state index >= 15 is 0 Å². The molecule has 0 aromatic heterocycles. The number of ether oxygens (including phenoxy) is 1. The van der Waals surface area contributed by atoms with Crippen LogP contribution in [0.25, 0.3) is 0 Å². The van der Waals surface area contributed by atoms with E-state index in [0.29, 0.717) is 22.4 Å². The molecular weight excluding hydrogens is 439 g/mol. The highest BCUT2D eigenvalue weighted by atomic mass is 79.9. The van der Waals surface area contributed by atoms with Gasteiger partial charge in [-0.15, -0.1) is 0 Å². The summed E-state index contributed by atoms with van der Waals surface area (Å²) in [5, 5.41) is 1.19. The lowest BCUT2D eigenvalue weighted by Crippen LogP contribution is -1.98. The lowest BCUT2D eigenvalue weighted by atomic mass is 10.0. The van der Waals surface area contributed by atoms with Crippen LogP contribution in [0.2, 0.25) is 10.0 Å². The van der Waals surface area contributed by atoms with Gasteiger partial charge in [-0.25, -0.2) is 0 Å². The van der Waals surface area contributed by atoms with E-state index in [1.165, 1.54) is 5.56 Å². The Morgan fingerprint density at radius 2 is 1.81 bits per heavy atom. The third-order valence-corrected chi connectivity index (χ3v) is 5.08. The Morgan fingerprint density at radius 1 is 1.10 bits per heavy atom. The smallest absolute Gasteiger partial charge is 0.139 e. The molecule has 0 aliphatic rings. The Hall–Kier alpha value is -0.220. The number of rotatable bonds is 4. The number of halogens is 4. The largest absolute Gasteiger partial charge is 0.492 e. The minimum Gasteiger partial charge on any atom is -0.492 e. The van der Waals surface area contributed by atoms with Crippen molar-refractivity contribution < 1.29 is 4.74 Å². The van der Waals surface area contributed by atoms with Crippen LogP contribution < -0.4 is 4.74 Å². The van der Waals surface area contributed by atoms with Gasteiger partial charge in [-0.1, -0.05) is 61.1 Å². The fourth-order valence-electron chi connectivity index (χ4n) is 2.09. The minimum absolute atomic E-state index is 0.0330. The second-order valence-electron chi connectivity index (χ2n) is 4.66. The molecule has 0 fully saturated rings. The normalized spacial score (nSPS) is 12.3. The molecule has 0 bridgehead atoms. The Balaban J connectivity index is 2.43. The van der Waals surface area contributed by atoms with Gasteiger partial charge in [-0.3, -0.25) is 0 Å². The van der Waals surface area contributed by atoms with Crippen LogP contribution in [0.5, 0.6) is 5.75 Å². The molecule has 0 saturated carbocycles. The summed E-state index contributed by atoms with van der Waals surface area (Å²) in [6, 6.07) is 9.86. The van der Waals surface area contributed by atoms with Crippen LogP contribution in [-0.2, 0) is 0 Å². The maximum Gasteiger partial charge on any atom is 0.139 e. The molecule has 0 spiro atoms. The van der Waals surface area contributed by atoms with E-state index in [1.807, 2.05) is 13.0 Å². The highest BCUT2D eigenvalue weighted by molar-refractivity contribution is 9.10. The van der Waals surface area contributed by atoms with Crippen LogP contribution in [0.4, 0.5) is 0 Å². The van der Waals surface area contributed by atoms with Gasteiger partial charge < -0.3 is 4.74 Å². The number of aryl methyl sites for hydroxylation is 1. The van der Waals surface area contributed by atoms with E-state index in [1.54, 1.807) is 6.07 Å². The van der Waals surface area contributed by atoms with Crippen LogP contribution in [0.15, 0.2) is 34.8 Å². The third kappa shape index (κ3) is 4.16. The molecule has 0 heterocycles. The molecule has 1 atom stereocenters. The van der Waals surface area contributed by atoms with Crippen molar-refractivity contribution in [1.29, 1.82) is 0 Å². The Labute approximate surface area is 151 Å². The van der Waals surface area contributed by atoms with E-state index in [4.69, 9.17) is 27.9 Å². The SMILES string of the molecule is CCOc1cc(Cl)c(C(Br)c2cc(C)cc(Br)c2)cc1Cl. The molecule has 2 aromatic rings. The number of alkyl halides is 1. The van der Waals surface area contributed by atoms with Gasteiger partial charge in [0, 0.05) is 15.6 Å². The molecule has 0 amide bonds. The summed E-state index contributed by atoms with van der Waals surface area (Å²) in [6.07, 6.45) is 0. The molecule has 0 aliphatic carbocycles. The molecule has 5 heteroatoms. The predicted octanol–water partition coefficient (Wildman–Crippen LogP) is 6.95. The first-order chi connectivity index (χ1) is 9.92. The van der Waals surface area contributed by atoms with E-state index in [9.17, 15) is 0 Å². The zero-order chi connectivity index (χ0) is 15.6. The molecule has 1 unspecified atom stereocenters. The van der Waals surface area contributed by atoms with Gasteiger partial charge in [0.15, 0.2) is 0 Å². The number of hydrogen-bond donors (Lipinski definition) is 0. The molecule has 2 rings (SSSR count). The Kier molecular flexibility index (Phi) is 6.01.